The minimum absolute atomic E-state index is 0.277. The summed E-state index contributed by atoms with van der Waals surface area (Å²) < 4.78 is 4.54. The topological polar surface area (TPSA) is 26.3 Å². The van der Waals surface area contributed by atoms with E-state index in [9.17, 15) is 4.79 Å². The van der Waals surface area contributed by atoms with E-state index in [1.54, 1.807) is 6.08 Å². The first-order chi connectivity index (χ1) is 4.77. The van der Waals surface area contributed by atoms with Crippen LogP contribution in [0.15, 0.2) is 12.2 Å². The fourth-order valence-electron chi connectivity index (χ4n) is 0.454. The van der Waals surface area contributed by atoms with Crippen molar-refractivity contribution in [3.63, 3.8) is 0 Å². The minimum atomic E-state index is -0.277. The van der Waals surface area contributed by atoms with E-state index in [1.807, 2.05) is 6.08 Å². The molecule has 0 aromatic carbocycles. The third kappa shape index (κ3) is 7.21. The van der Waals surface area contributed by atoms with Crippen molar-refractivity contribution >= 4 is 5.97 Å². The van der Waals surface area contributed by atoms with Crippen molar-refractivity contribution in [1.29, 1.82) is 0 Å². The Morgan fingerprint density at radius 2 is 2.30 bits per heavy atom. The molecule has 0 amide bonds. The van der Waals surface area contributed by atoms with E-state index in [2.05, 4.69) is 11.7 Å². The van der Waals surface area contributed by atoms with Crippen molar-refractivity contribution in [2.45, 2.75) is 26.7 Å². The highest BCUT2D eigenvalue weighted by Crippen LogP contribution is 1.91. The number of hydrogen-bond donors (Lipinski definition) is 0. The van der Waals surface area contributed by atoms with Gasteiger partial charge in [-0.3, -0.25) is 4.79 Å². The third-order valence-electron chi connectivity index (χ3n) is 0.904. The predicted molar refractivity (Wildman–Crippen MR) is 40.1 cm³/mol. The zero-order valence-electron chi connectivity index (χ0n) is 6.46. The normalized spacial score (nSPS) is 10.2. The molecule has 0 unspecified atom stereocenters. The van der Waals surface area contributed by atoms with Gasteiger partial charge in [0.25, 0.3) is 0 Å². The summed E-state index contributed by atoms with van der Waals surface area (Å²) in [7, 11) is 0. The maximum atomic E-state index is 10.2. The van der Waals surface area contributed by atoms with Crippen LogP contribution in [-0.2, 0) is 9.53 Å². The Kier molecular flexibility index (Phi) is 5.83. The van der Waals surface area contributed by atoms with E-state index >= 15 is 0 Å². The summed E-state index contributed by atoms with van der Waals surface area (Å²) in [4.78, 5) is 10.2. The van der Waals surface area contributed by atoms with Gasteiger partial charge in [0.15, 0.2) is 6.61 Å². The van der Waals surface area contributed by atoms with Crippen molar-refractivity contribution in [3.8, 4) is 0 Å². The summed E-state index contributed by atoms with van der Waals surface area (Å²) in [6.45, 7) is 4.87. The third-order valence-corrected chi connectivity index (χ3v) is 0.904. The Hall–Kier alpha value is -0.790. The van der Waals surface area contributed by atoms with Crippen LogP contribution in [-0.4, -0.2) is 5.97 Å². The molecule has 0 rings (SSSR count). The van der Waals surface area contributed by atoms with Crippen LogP contribution in [0.1, 0.15) is 26.7 Å². The SMILES string of the molecule is CCCC=C[CH]OC(C)=O. The van der Waals surface area contributed by atoms with Crippen molar-refractivity contribution in [1.82, 2.24) is 0 Å². The zero-order chi connectivity index (χ0) is 7.82. The van der Waals surface area contributed by atoms with E-state index < -0.39 is 0 Å². The van der Waals surface area contributed by atoms with Crippen LogP contribution in [0, 0.1) is 6.61 Å². The Bertz CT molecular complexity index is 116. The van der Waals surface area contributed by atoms with Gasteiger partial charge in [0, 0.05) is 6.92 Å². The molecule has 0 heterocycles. The highest BCUT2D eigenvalue weighted by molar-refractivity contribution is 5.66. The van der Waals surface area contributed by atoms with Crippen molar-refractivity contribution in [2.24, 2.45) is 0 Å². The van der Waals surface area contributed by atoms with Crippen LogP contribution >= 0.6 is 0 Å². The van der Waals surface area contributed by atoms with Gasteiger partial charge in [0.1, 0.15) is 0 Å². The standard InChI is InChI=1S/C8H13O2/c1-3-4-5-6-7-10-8(2)9/h5-7H,3-4H2,1-2H3. The predicted octanol–water partition coefficient (Wildman–Crippen LogP) is 2.07. The largest absolute Gasteiger partial charge is 0.454 e. The first-order valence-corrected chi connectivity index (χ1v) is 3.43. The van der Waals surface area contributed by atoms with Crippen LogP contribution in [0.25, 0.3) is 0 Å². The molecule has 1 radical (unpaired) electrons. The summed E-state index contributed by atoms with van der Waals surface area (Å²) in [6, 6.07) is 0. The lowest BCUT2D eigenvalue weighted by Gasteiger charge is -1.92. The molecule has 0 aliphatic rings. The van der Waals surface area contributed by atoms with Crippen molar-refractivity contribution in [2.75, 3.05) is 0 Å². The van der Waals surface area contributed by atoms with Gasteiger partial charge >= 0.3 is 5.97 Å². The molecule has 0 saturated heterocycles. The molecule has 0 atom stereocenters. The number of ether oxygens (including phenoxy) is 1. The lowest BCUT2D eigenvalue weighted by atomic mass is 10.3. The lowest BCUT2D eigenvalue weighted by Crippen LogP contribution is -1.92. The average molecular weight is 141 g/mol. The zero-order valence-corrected chi connectivity index (χ0v) is 6.46. The van der Waals surface area contributed by atoms with Crippen molar-refractivity contribution < 1.29 is 9.53 Å². The number of carbonyl (C=O) groups is 1. The Morgan fingerprint density at radius 3 is 2.80 bits per heavy atom. The van der Waals surface area contributed by atoms with Gasteiger partial charge in [0.05, 0.1) is 0 Å². The Balaban J connectivity index is 3.10. The van der Waals surface area contributed by atoms with Gasteiger partial charge in [-0.25, -0.2) is 0 Å². The number of allylic oxidation sites excluding steroid dienone is 1. The summed E-state index contributed by atoms with van der Waals surface area (Å²) in [5.74, 6) is -0.277. The molecular formula is C8H13O2. The van der Waals surface area contributed by atoms with Crippen LogP contribution in [0.4, 0.5) is 0 Å². The molecule has 0 aliphatic heterocycles. The van der Waals surface area contributed by atoms with Crippen LogP contribution < -0.4 is 0 Å². The van der Waals surface area contributed by atoms with Gasteiger partial charge in [-0.05, 0) is 12.5 Å². The van der Waals surface area contributed by atoms with Crippen LogP contribution in [0.5, 0.6) is 0 Å². The first-order valence-electron chi connectivity index (χ1n) is 3.43. The minimum Gasteiger partial charge on any atom is -0.454 e. The number of esters is 1. The van der Waals surface area contributed by atoms with Gasteiger partial charge in [-0.15, -0.1) is 0 Å². The second-order valence-electron chi connectivity index (χ2n) is 1.96. The lowest BCUT2D eigenvalue weighted by molar-refractivity contribution is -0.136. The molecule has 0 spiro atoms. The smallest absolute Gasteiger partial charge is 0.303 e. The molecule has 10 heavy (non-hydrogen) atoms. The van der Waals surface area contributed by atoms with Gasteiger partial charge in [0.2, 0.25) is 0 Å². The number of hydrogen-bond acceptors (Lipinski definition) is 2. The summed E-state index contributed by atoms with van der Waals surface area (Å²) in [5.41, 5.74) is 0. The summed E-state index contributed by atoms with van der Waals surface area (Å²) in [6.07, 6.45) is 5.84. The molecule has 0 aliphatic carbocycles. The summed E-state index contributed by atoms with van der Waals surface area (Å²) in [5, 5.41) is 0. The molecule has 2 nitrogen and oxygen atoms in total. The van der Waals surface area contributed by atoms with Gasteiger partial charge in [-0.2, -0.15) is 0 Å². The van der Waals surface area contributed by atoms with Gasteiger partial charge in [-0.1, -0.05) is 19.4 Å². The highest BCUT2D eigenvalue weighted by Gasteiger charge is 1.86. The first kappa shape index (κ1) is 9.21. The van der Waals surface area contributed by atoms with E-state index in [0.717, 1.165) is 12.8 Å². The maximum Gasteiger partial charge on any atom is 0.303 e. The van der Waals surface area contributed by atoms with Crippen LogP contribution in [0.3, 0.4) is 0 Å². The summed E-state index contributed by atoms with van der Waals surface area (Å²) >= 11 is 0. The Morgan fingerprint density at radius 1 is 1.60 bits per heavy atom. The van der Waals surface area contributed by atoms with Gasteiger partial charge < -0.3 is 4.74 Å². The van der Waals surface area contributed by atoms with E-state index in [1.165, 1.54) is 13.5 Å². The maximum absolute atomic E-state index is 10.2. The van der Waals surface area contributed by atoms with E-state index in [-0.39, 0.29) is 5.97 Å². The van der Waals surface area contributed by atoms with E-state index in [4.69, 9.17) is 0 Å². The molecule has 0 saturated carbocycles. The number of unbranched alkanes of at least 4 members (excludes halogenated alkanes) is 1. The fourth-order valence-corrected chi connectivity index (χ4v) is 0.454. The second-order valence-corrected chi connectivity index (χ2v) is 1.96. The molecule has 0 aromatic rings. The molecular weight excluding hydrogens is 128 g/mol. The fraction of sp³-hybridized carbons (Fsp3) is 0.500. The number of rotatable bonds is 4. The van der Waals surface area contributed by atoms with Crippen LogP contribution in [0.2, 0.25) is 0 Å². The number of carbonyl (C=O) groups excluding carboxylic acids is 1. The second kappa shape index (κ2) is 6.33. The molecule has 0 aromatic heterocycles. The molecule has 57 valence electrons. The molecule has 2 heteroatoms. The molecule has 0 fully saturated rings. The highest BCUT2D eigenvalue weighted by atomic mass is 16.5. The molecule has 0 bridgehead atoms. The monoisotopic (exact) mass is 141 g/mol. The molecule has 0 N–H and O–H groups in total. The van der Waals surface area contributed by atoms with Crippen molar-refractivity contribution in [3.05, 3.63) is 18.8 Å². The quantitative estimate of drug-likeness (QED) is 0.560. The Labute approximate surface area is 61.9 Å². The van der Waals surface area contributed by atoms with E-state index in [0.29, 0.717) is 0 Å². The average Bonchev–Trinajstić information content (AvgIpc) is 1.87.